The molecule has 0 fully saturated rings. The van der Waals surface area contributed by atoms with Crippen molar-refractivity contribution in [3.8, 4) is 11.5 Å². The van der Waals surface area contributed by atoms with Gasteiger partial charge in [-0.05, 0) is 32.0 Å². The van der Waals surface area contributed by atoms with Gasteiger partial charge in [-0.15, -0.1) is 0 Å². The van der Waals surface area contributed by atoms with E-state index in [9.17, 15) is 0 Å². The second kappa shape index (κ2) is 4.86. The van der Waals surface area contributed by atoms with Crippen molar-refractivity contribution in [3.63, 3.8) is 0 Å². The second-order valence-electron chi connectivity index (χ2n) is 3.13. The Morgan fingerprint density at radius 2 is 2.14 bits per heavy atom. The molecular formula is C11H17NO2. The molecule has 0 heterocycles. The molecule has 0 aliphatic carbocycles. The van der Waals surface area contributed by atoms with Gasteiger partial charge < -0.3 is 15.2 Å². The van der Waals surface area contributed by atoms with Gasteiger partial charge in [0.25, 0.3) is 0 Å². The highest BCUT2D eigenvalue weighted by molar-refractivity contribution is 5.41. The van der Waals surface area contributed by atoms with Crippen molar-refractivity contribution in [1.82, 2.24) is 0 Å². The van der Waals surface area contributed by atoms with Gasteiger partial charge in [-0.25, -0.2) is 0 Å². The van der Waals surface area contributed by atoms with Crippen LogP contribution in [0.4, 0.5) is 0 Å². The Balaban J connectivity index is 3.03. The van der Waals surface area contributed by atoms with Crippen molar-refractivity contribution in [2.75, 3.05) is 13.7 Å². The molecule has 1 aromatic rings. The maximum absolute atomic E-state index is 5.83. The Morgan fingerprint density at radius 1 is 1.43 bits per heavy atom. The number of rotatable bonds is 4. The summed E-state index contributed by atoms with van der Waals surface area (Å²) in [4.78, 5) is 0. The molecule has 0 aliphatic heterocycles. The zero-order valence-electron chi connectivity index (χ0n) is 8.91. The Morgan fingerprint density at radius 3 is 2.64 bits per heavy atom. The number of methoxy groups -OCH3 is 1. The van der Waals surface area contributed by atoms with Crippen LogP contribution in [0.2, 0.25) is 0 Å². The van der Waals surface area contributed by atoms with Crippen LogP contribution in [0.5, 0.6) is 11.5 Å². The van der Waals surface area contributed by atoms with Crippen molar-refractivity contribution < 1.29 is 9.47 Å². The maximum Gasteiger partial charge on any atom is 0.124 e. The van der Waals surface area contributed by atoms with Crippen LogP contribution < -0.4 is 15.2 Å². The quantitative estimate of drug-likeness (QED) is 0.800. The van der Waals surface area contributed by atoms with E-state index in [-0.39, 0.29) is 6.04 Å². The van der Waals surface area contributed by atoms with Gasteiger partial charge in [0.1, 0.15) is 11.5 Å². The van der Waals surface area contributed by atoms with Gasteiger partial charge in [-0.1, -0.05) is 0 Å². The minimum Gasteiger partial charge on any atom is -0.497 e. The minimum absolute atomic E-state index is 0.0494. The number of hydrogen-bond donors (Lipinski definition) is 1. The van der Waals surface area contributed by atoms with E-state index in [1.54, 1.807) is 7.11 Å². The highest BCUT2D eigenvalue weighted by atomic mass is 16.5. The molecule has 0 aromatic heterocycles. The Hall–Kier alpha value is -1.22. The predicted octanol–water partition coefficient (Wildman–Crippen LogP) is 2.11. The lowest BCUT2D eigenvalue weighted by Crippen LogP contribution is -2.08. The van der Waals surface area contributed by atoms with Crippen LogP contribution in [0.15, 0.2) is 18.2 Å². The minimum atomic E-state index is -0.0494. The molecule has 1 aromatic carbocycles. The molecule has 0 aliphatic rings. The predicted molar refractivity (Wildman–Crippen MR) is 56.8 cm³/mol. The molecule has 0 spiro atoms. The molecule has 2 N–H and O–H groups in total. The summed E-state index contributed by atoms with van der Waals surface area (Å²) in [6.07, 6.45) is 0. The lowest BCUT2D eigenvalue weighted by molar-refractivity contribution is 0.333. The summed E-state index contributed by atoms with van der Waals surface area (Å²) in [6.45, 7) is 4.53. The lowest BCUT2D eigenvalue weighted by atomic mass is 10.1. The van der Waals surface area contributed by atoms with Gasteiger partial charge in [-0.2, -0.15) is 0 Å². The summed E-state index contributed by atoms with van der Waals surface area (Å²) >= 11 is 0. The molecular weight excluding hydrogens is 178 g/mol. The topological polar surface area (TPSA) is 44.5 Å². The van der Waals surface area contributed by atoms with Gasteiger partial charge in [0.2, 0.25) is 0 Å². The largest absolute Gasteiger partial charge is 0.497 e. The van der Waals surface area contributed by atoms with Crippen molar-refractivity contribution in [1.29, 1.82) is 0 Å². The number of hydrogen-bond acceptors (Lipinski definition) is 3. The molecule has 3 heteroatoms. The average molecular weight is 195 g/mol. The van der Waals surface area contributed by atoms with Crippen LogP contribution >= 0.6 is 0 Å². The standard InChI is InChI=1S/C11H17NO2/c1-4-14-11-6-5-9(13-3)7-10(11)8(2)12/h5-8H,4,12H2,1-3H3/t8-/m1/s1. The summed E-state index contributed by atoms with van der Waals surface area (Å²) < 4.78 is 10.6. The van der Waals surface area contributed by atoms with E-state index >= 15 is 0 Å². The van der Waals surface area contributed by atoms with Crippen LogP contribution in [0, 0.1) is 0 Å². The smallest absolute Gasteiger partial charge is 0.124 e. The first-order valence-corrected chi connectivity index (χ1v) is 4.75. The lowest BCUT2D eigenvalue weighted by Gasteiger charge is -2.14. The second-order valence-corrected chi connectivity index (χ2v) is 3.13. The van der Waals surface area contributed by atoms with Crippen molar-refractivity contribution >= 4 is 0 Å². The van der Waals surface area contributed by atoms with Gasteiger partial charge in [0.05, 0.1) is 13.7 Å². The average Bonchev–Trinajstić information content (AvgIpc) is 2.18. The fraction of sp³-hybridized carbons (Fsp3) is 0.455. The highest BCUT2D eigenvalue weighted by Crippen LogP contribution is 2.28. The summed E-state index contributed by atoms with van der Waals surface area (Å²) in [6, 6.07) is 5.62. The molecule has 0 radical (unpaired) electrons. The summed E-state index contributed by atoms with van der Waals surface area (Å²) in [5, 5.41) is 0. The molecule has 1 atom stereocenters. The van der Waals surface area contributed by atoms with Crippen LogP contribution in [0.1, 0.15) is 25.5 Å². The summed E-state index contributed by atoms with van der Waals surface area (Å²) in [5.41, 5.74) is 6.81. The molecule has 0 saturated carbocycles. The maximum atomic E-state index is 5.83. The first-order chi connectivity index (χ1) is 6.69. The van der Waals surface area contributed by atoms with E-state index in [0.29, 0.717) is 6.61 Å². The van der Waals surface area contributed by atoms with Crippen molar-refractivity contribution in [2.24, 2.45) is 5.73 Å². The van der Waals surface area contributed by atoms with Gasteiger partial charge in [0, 0.05) is 11.6 Å². The van der Waals surface area contributed by atoms with E-state index < -0.39 is 0 Å². The van der Waals surface area contributed by atoms with E-state index in [0.717, 1.165) is 17.1 Å². The third kappa shape index (κ3) is 2.39. The van der Waals surface area contributed by atoms with Crippen molar-refractivity contribution in [3.05, 3.63) is 23.8 Å². The van der Waals surface area contributed by atoms with Gasteiger partial charge in [0.15, 0.2) is 0 Å². The Bertz CT molecular complexity index is 297. The summed E-state index contributed by atoms with van der Waals surface area (Å²) in [7, 11) is 1.64. The Labute approximate surface area is 84.8 Å². The Kier molecular flexibility index (Phi) is 3.77. The first kappa shape index (κ1) is 10.9. The molecule has 78 valence electrons. The van der Waals surface area contributed by atoms with E-state index in [2.05, 4.69) is 0 Å². The van der Waals surface area contributed by atoms with E-state index in [4.69, 9.17) is 15.2 Å². The molecule has 0 bridgehead atoms. The third-order valence-corrected chi connectivity index (χ3v) is 2.01. The number of benzene rings is 1. The molecule has 1 rings (SSSR count). The van der Waals surface area contributed by atoms with Crippen LogP contribution in [0.3, 0.4) is 0 Å². The van der Waals surface area contributed by atoms with Gasteiger partial charge in [-0.3, -0.25) is 0 Å². The fourth-order valence-electron chi connectivity index (χ4n) is 1.30. The molecule has 0 unspecified atom stereocenters. The number of ether oxygens (including phenoxy) is 2. The molecule has 3 nitrogen and oxygen atoms in total. The monoisotopic (exact) mass is 195 g/mol. The molecule has 0 saturated heterocycles. The zero-order valence-corrected chi connectivity index (χ0v) is 8.91. The van der Waals surface area contributed by atoms with Crippen LogP contribution in [-0.2, 0) is 0 Å². The summed E-state index contributed by atoms with van der Waals surface area (Å²) in [5.74, 6) is 1.64. The normalized spacial score (nSPS) is 12.3. The van der Waals surface area contributed by atoms with Gasteiger partial charge >= 0.3 is 0 Å². The number of nitrogens with two attached hydrogens (primary N) is 1. The van der Waals surface area contributed by atoms with Crippen molar-refractivity contribution in [2.45, 2.75) is 19.9 Å². The molecule has 14 heavy (non-hydrogen) atoms. The van der Waals surface area contributed by atoms with E-state index in [1.165, 1.54) is 0 Å². The van der Waals surface area contributed by atoms with Crippen LogP contribution in [0.25, 0.3) is 0 Å². The highest BCUT2D eigenvalue weighted by Gasteiger charge is 2.08. The zero-order chi connectivity index (χ0) is 10.6. The molecule has 0 amide bonds. The first-order valence-electron chi connectivity index (χ1n) is 4.75. The SMILES string of the molecule is CCOc1ccc(OC)cc1[C@@H](C)N. The van der Waals surface area contributed by atoms with E-state index in [1.807, 2.05) is 32.0 Å². The third-order valence-electron chi connectivity index (χ3n) is 2.01. The van der Waals surface area contributed by atoms with Crippen LogP contribution in [-0.4, -0.2) is 13.7 Å². The fourth-order valence-corrected chi connectivity index (χ4v) is 1.30.